The number of nitrogens with one attached hydrogen (secondary N) is 1. The maximum atomic E-state index is 12.1. The Morgan fingerprint density at radius 3 is 2.81 bits per heavy atom. The highest BCUT2D eigenvalue weighted by Gasteiger charge is 2.29. The number of amides is 2. The lowest BCUT2D eigenvalue weighted by molar-refractivity contribution is -0.128. The van der Waals surface area contributed by atoms with Gasteiger partial charge in [0.05, 0.1) is 0 Å². The monoisotopic (exact) mass is 373 g/mol. The molecule has 3 rings (SSSR count). The molecule has 136 valence electrons. The van der Waals surface area contributed by atoms with Crippen LogP contribution < -0.4 is 9.46 Å². The van der Waals surface area contributed by atoms with E-state index in [2.05, 4.69) is 9.71 Å². The predicted octanol–water partition coefficient (Wildman–Crippen LogP) is 3.14. The minimum atomic E-state index is -1.07. The molecular weight excluding hydrogens is 354 g/mol. The van der Waals surface area contributed by atoms with Crippen LogP contribution in [0.25, 0.3) is 0 Å². The SMILES string of the molecule is O=C(O)NSC[C@@H]1CC(=O)N(Cc2ccc(Oc3ccccc3)nc2)C1. The van der Waals surface area contributed by atoms with Gasteiger partial charge < -0.3 is 14.7 Å². The molecule has 0 unspecified atom stereocenters. The number of hydrogen-bond donors (Lipinski definition) is 2. The molecule has 1 fully saturated rings. The van der Waals surface area contributed by atoms with Gasteiger partial charge in [-0.15, -0.1) is 0 Å². The Morgan fingerprint density at radius 1 is 1.31 bits per heavy atom. The Hall–Kier alpha value is -2.74. The van der Waals surface area contributed by atoms with Crippen molar-refractivity contribution in [3.63, 3.8) is 0 Å². The smallest absolute Gasteiger partial charge is 0.414 e. The molecule has 1 aliphatic heterocycles. The van der Waals surface area contributed by atoms with Crippen LogP contribution in [0.1, 0.15) is 12.0 Å². The molecule has 0 spiro atoms. The van der Waals surface area contributed by atoms with E-state index in [1.54, 1.807) is 17.2 Å². The standard InChI is InChI=1S/C18H19N3O4S/c22-17-8-14(12-26-20-18(23)24)11-21(17)10-13-6-7-16(19-9-13)25-15-4-2-1-3-5-15/h1-7,9,14,20H,8,10-12H2,(H,23,24)/t14-/m1/s1. The Balaban J connectivity index is 1.51. The van der Waals surface area contributed by atoms with Gasteiger partial charge in [-0.3, -0.25) is 9.52 Å². The number of carbonyl (C=O) groups excluding carboxylic acids is 1. The normalized spacial score (nSPS) is 16.5. The van der Waals surface area contributed by atoms with E-state index in [0.717, 1.165) is 23.3 Å². The zero-order valence-corrected chi connectivity index (χ0v) is 14.8. The summed E-state index contributed by atoms with van der Waals surface area (Å²) < 4.78 is 7.91. The molecule has 0 saturated carbocycles. The topological polar surface area (TPSA) is 91.8 Å². The Labute approximate surface area is 155 Å². The number of nitrogens with zero attached hydrogens (tertiary/aromatic N) is 2. The maximum absolute atomic E-state index is 12.1. The molecule has 26 heavy (non-hydrogen) atoms. The molecule has 1 aliphatic rings. The van der Waals surface area contributed by atoms with Crippen LogP contribution in [0.5, 0.6) is 11.6 Å². The summed E-state index contributed by atoms with van der Waals surface area (Å²) in [6, 6.07) is 13.1. The van der Waals surface area contributed by atoms with Crippen molar-refractivity contribution in [1.29, 1.82) is 0 Å². The second kappa shape index (κ2) is 8.57. The van der Waals surface area contributed by atoms with Crippen LogP contribution in [0.4, 0.5) is 4.79 Å². The van der Waals surface area contributed by atoms with E-state index in [1.165, 1.54) is 0 Å². The second-order valence-electron chi connectivity index (χ2n) is 5.98. The van der Waals surface area contributed by atoms with Gasteiger partial charge in [-0.2, -0.15) is 0 Å². The zero-order chi connectivity index (χ0) is 18.4. The Bertz CT molecular complexity index is 755. The molecule has 1 atom stereocenters. The van der Waals surface area contributed by atoms with Crippen LogP contribution in [0, 0.1) is 5.92 Å². The van der Waals surface area contributed by atoms with E-state index in [-0.39, 0.29) is 11.8 Å². The molecule has 2 amide bonds. The summed E-state index contributed by atoms with van der Waals surface area (Å²) in [4.78, 5) is 28.7. The lowest BCUT2D eigenvalue weighted by Gasteiger charge is -2.16. The first-order valence-corrected chi connectivity index (χ1v) is 9.15. The average Bonchev–Trinajstić information content (AvgIpc) is 2.97. The van der Waals surface area contributed by atoms with Gasteiger partial charge in [0.2, 0.25) is 11.8 Å². The van der Waals surface area contributed by atoms with Crippen molar-refractivity contribution in [2.24, 2.45) is 5.92 Å². The van der Waals surface area contributed by atoms with Crippen LogP contribution in [-0.4, -0.2) is 39.3 Å². The van der Waals surface area contributed by atoms with Crippen molar-refractivity contribution in [1.82, 2.24) is 14.6 Å². The van der Waals surface area contributed by atoms with Crippen molar-refractivity contribution in [2.75, 3.05) is 12.3 Å². The fourth-order valence-electron chi connectivity index (χ4n) is 2.73. The second-order valence-corrected chi connectivity index (χ2v) is 6.81. The fraction of sp³-hybridized carbons (Fsp3) is 0.278. The molecule has 0 radical (unpaired) electrons. The number of rotatable bonds is 7. The zero-order valence-electron chi connectivity index (χ0n) is 14.0. The molecule has 0 bridgehead atoms. The number of carbonyl (C=O) groups is 2. The first-order valence-electron chi connectivity index (χ1n) is 8.16. The molecule has 2 heterocycles. The minimum Gasteiger partial charge on any atom is -0.464 e. The molecule has 2 N–H and O–H groups in total. The molecule has 1 aromatic heterocycles. The summed E-state index contributed by atoms with van der Waals surface area (Å²) in [7, 11) is 0. The largest absolute Gasteiger partial charge is 0.464 e. The third kappa shape index (κ3) is 5.13. The number of pyridine rings is 1. The summed E-state index contributed by atoms with van der Waals surface area (Å²) in [5.41, 5.74) is 0.927. The fourth-order valence-corrected chi connectivity index (χ4v) is 3.40. The van der Waals surface area contributed by atoms with Gasteiger partial charge >= 0.3 is 6.09 Å². The van der Waals surface area contributed by atoms with E-state index in [0.29, 0.717) is 31.1 Å². The Kier molecular flexibility index (Phi) is 5.96. The third-order valence-corrected chi connectivity index (χ3v) is 4.87. The predicted molar refractivity (Wildman–Crippen MR) is 97.9 cm³/mol. The quantitative estimate of drug-likeness (QED) is 0.725. The van der Waals surface area contributed by atoms with Gasteiger partial charge in [-0.1, -0.05) is 24.3 Å². The van der Waals surface area contributed by atoms with Gasteiger partial charge in [0, 0.05) is 37.5 Å². The number of carboxylic acid groups (broad SMARTS) is 1. The summed E-state index contributed by atoms with van der Waals surface area (Å²) in [5.74, 6) is 2.03. The summed E-state index contributed by atoms with van der Waals surface area (Å²) in [6.07, 6.45) is 1.08. The van der Waals surface area contributed by atoms with Crippen LogP contribution >= 0.6 is 11.9 Å². The summed E-state index contributed by atoms with van der Waals surface area (Å²) in [6.45, 7) is 1.11. The van der Waals surface area contributed by atoms with E-state index in [1.807, 2.05) is 36.4 Å². The van der Waals surface area contributed by atoms with Crippen molar-refractivity contribution < 1.29 is 19.4 Å². The molecule has 1 saturated heterocycles. The van der Waals surface area contributed by atoms with Crippen molar-refractivity contribution >= 4 is 23.9 Å². The van der Waals surface area contributed by atoms with Gasteiger partial charge in [0.1, 0.15) is 5.75 Å². The van der Waals surface area contributed by atoms with E-state index in [9.17, 15) is 9.59 Å². The molecule has 7 nitrogen and oxygen atoms in total. The summed E-state index contributed by atoms with van der Waals surface area (Å²) >= 11 is 1.11. The number of para-hydroxylation sites is 1. The number of ether oxygens (including phenoxy) is 1. The van der Waals surface area contributed by atoms with Crippen LogP contribution in [0.15, 0.2) is 48.7 Å². The minimum absolute atomic E-state index is 0.0792. The lowest BCUT2D eigenvalue weighted by atomic mass is 10.1. The highest BCUT2D eigenvalue weighted by Crippen LogP contribution is 2.24. The van der Waals surface area contributed by atoms with Gasteiger partial charge in [0.25, 0.3) is 0 Å². The van der Waals surface area contributed by atoms with Crippen LogP contribution in [0.3, 0.4) is 0 Å². The van der Waals surface area contributed by atoms with E-state index < -0.39 is 6.09 Å². The van der Waals surface area contributed by atoms with Gasteiger partial charge in [0.15, 0.2) is 0 Å². The average molecular weight is 373 g/mol. The van der Waals surface area contributed by atoms with Gasteiger partial charge in [-0.25, -0.2) is 9.78 Å². The Morgan fingerprint density at radius 2 is 2.12 bits per heavy atom. The number of aromatic nitrogens is 1. The van der Waals surface area contributed by atoms with E-state index >= 15 is 0 Å². The maximum Gasteiger partial charge on any atom is 0.414 e. The third-order valence-electron chi connectivity index (χ3n) is 3.91. The molecule has 8 heteroatoms. The molecule has 1 aromatic carbocycles. The highest BCUT2D eigenvalue weighted by molar-refractivity contribution is 7.97. The van der Waals surface area contributed by atoms with Crippen molar-refractivity contribution in [3.8, 4) is 11.6 Å². The molecule has 2 aromatic rings. The number of benzene rings is 1. The lowest BCUT2D eigenvalue weighted by Crippen LogP contribution is -2.25. The van der Waals surface area contributed by atoms with Gasteiger partial charge in [-0.05, 0) is 35.6 Å². The highest BCUT2D eigenvalue weighted by atomic mass is 32.2. The van der Waals surface area contributed by atoms with Crippen molar-refractivity contribution in [2.45, 2.75) is 13.0 Å². The summed E-state index contributed by atoms with van der Waals surface area (Å²) in [5, 5.41) is 8.58. The molecular formula is C18H19N3O4S. The van der Waals surface area contributed by atoms with Crippen molar-refractivity contribution in [3.05, 3.63) is 54.2 Å². The van der Waals surface area contributed by atoms with Crippen LogP contribution in [-0.2, 0) is 11.3 Å². The van der Waals surface area contributed by atoms with Crippen LogP contribution in [0.2, 0.25) is 0 Å². The van der Waals surface area contributed by atoms with E-state index in [4.69, 9.17) is 9.84 Å². The first kappa shape index (κ1) is 18.1. The number of hydrogen-bond acceptors (Lipinski definition) is 5. The first-order chi connectivity index (χ1) is 12.6. The molecule has 0 aliphatic carbocycles. The number of likely N-dealkylation sites (tertiary alicyclic amines) is 1.